The molecule has 0 bridgehead atoms. The van der Waals surface area contributed by atoms with Crippen LogP contribution in [0.3, 0.4) is 0 Å². The van der Waals surface area contributed by atoms with Crippen LogP contribution in [0.1, 0.15) is 27.7 Å². The average Bonchev–Trinajstić information content (AvgIpc) is 2.37. The summed E-state index contributed by atoms with van der Waals surface area (Å²) in [5.41, 5.74) is 1.04. The van der Waals surface area contributed by atoms with Crippen LogP contribution in [0.2, 0.25) is 5.15 Å². The zero-order chi connectivity index (χ0) is 16.3. The lowest BCUT2D eigenvalue weighted by molar-refractivity contribution is -0.148. The SMILES string of the molecule is C/C(=C/C(=O)OC(C)(C)C)Nc1cccc2cnc(Cl)cc12. The molecule has 0 aliphatic heterocycles. The number of halogens is 1. The van der Waals surface area contributed by atoms with E-state index in [4.69, 9.17) is 16.3 Å². The summed E-state index contributed by atoms with van der Waals surface area (Å²) in [6, 6.07) is 7.59. The van der Waals surface area contributed by atoms with Gasteiger partial charge in [-0.1, -0.05) is 23.7 Å². The zero-order valence-corrected chi connectivity index (χ0v) is 13.9. The number of nitrogens with one attached hydrogen (secondary N) is 1. The maximum atomic E-state index is 11.8. The molecule has 4 nitrogen and oxygen atoms in total. The highest BCUT2D eigenvalue weighted by atomic mass is 35.5. The van der Waals surface area contributed by atoms with Crippen LogP contribution >= 0.6 is 11.6 Å². The molecule has 0 amide bonds. The van der Waals surface area contributed by atoms with Gasteiger partial charge in [0.1, 0.15) is 10.8 Å². The predicted octanol–water partition coefficient (Wildman–Crippen LogP) is 4.55. The molecule has 0 saturated heterocycles. The molecule has 2 aromatic rings. The van der Waals surface area contributed by atoms with E-state index in [9.17, 15) is 4.79 Å². The molecular formula is C17H19ClN2O2. The van der Waals surface area contributed by atoms with Crippen molar-refractivity contribution in [2.45, 2.75) is 33.3 Å². The molecule has 0 atom stereocenters. The molecule has 1 aromatic carbocycles. The number of aromatic nitrogens is 1. The minimum atomic E-state index is -0.507. The number of allylic oxidation sites excluding steroid dienone is 1. The molecule has 22 heavy (non-hydrogen) atoms. The van der Waals surface area contributed by atoms with E-state index in [0.29, 0.717) is 10.9 Å². The quantitative estimate of drug-likeness (QED) is 0.512. The third-order valence-corrected chi connectivity index (χ3v) is 3.01. The van der Waals surface area contributed by atoms with Crippen LogP contribution in [0, 0.1) is 0 Å². The number of anilines is 1. The lowest BCUT2D eigenvalue weighted by Crippen LogP contribution is -2.23. The maximum Gasteiger partial charge on any atom is 0.333 e. The molecule has 0 radical (unpaired) electrons. The van der Waals surface area contributed by atoms with Crippen molar-refractivity contribution in [3.8, 4) is 0 Å². The lowest BCUT2D eigenvalue weighted by atomic mass is 10.1. The second-order valence-electron chi connectivity index (χ2n) is 6.02. The average molecular weight is 319 g/mol. The first-order valence-electron chi connectivity index (χ1n) is 6.97. The van der Waals surface area contributed by atoms with Crippen molar-refractivity contribution in [3.63, 3.8) is 0 Å². The number of benzene rings is 1. The number of hydrogen-bond acceptors (Lipinski definition) is 4. The smallest absolute Gasteiger partial charge is 0.333 e. The van der Waals surface area contributed by atoms with Crippen LogP contribution in [0.4, 0.5) is 5.69 Å². The largest absolute Gasteiger partial charge is 0.457 e. The Labute approximate surface area is 135 Å². The molecule has 1 aromatic heterocycles. The van der Waals surface area contributed by atoms with Gasteiger partial charge in [0.05, 0.1) is 0 Å². The van der Waals surface area contributed by atoms with E-state index < -0.39 is 5.60 Å². The van der Waals surface area contributed by atoms with Gasteiger partial charge in [0.25, 0.3) is 0 Å². The second-order valence-corrected chi connectivity index (χ2v) is 6.41. The molecule has 0 unspecified atom stereocenters. The molecular weight excluding hydrogens is 300 g/mol. The van der Waals surface area contributed by atoms with Crippen LogP contribution in [-0.2, 0) is 9.53 Å². The van der Waals surface area contributed by atoms with E-state index >= 15 is 0 Å². The standard InChI is InChI=1S/C17H19ClN2O2/c1-11(8-16(21)22-17(2,3)4)20-14-7-5-6-12-10-19-15(18)9-13(12)14/h5-10,20H,1-4H3/b11-8-. The van der Waals surface area contributed by atoms with Gasteiger partial charge in [-0.2, -0.15) is 0 Å². The first-order valence-corrected chi connectivity index (χ1v) is 7.35. The van der Waals surface area contributed by atoms with Gasteiger partial charge in [-0.15, -0.1) is 0 Å². The minimum absolute atomic E-state index is 0.377. The molecule has 1 heterocycles. The Balaban J connectivity index is 2.23. The Kier molecular flexibility index (Phi) is 4.71. The number of hydrogen-bond donors (Lipinski definition) is 1. The summed E-state index contributed by atoms with van der Waals surface area (Å²) in [7, 11) is 0. The highest BCUT2D eigenvalue weighted by molar-refractivity contribution is 6.30. The summed E-state index contributed by atoms with van der Waals surface area (Å²) in [6.45, 7) is 7.31. The molecule has 0 aliphatic carbocycles. The topological polar surface area (TPSA) is 51.2 Å². The molecule has 1 N–H and O–H groups in total. The third kappa shape index (κ3) is 4.46. The van der Waals surface area contributed by atoms with Gasteiger partial charge in [-0.05, 0) is 39.8 Å². The summed E-state index contributed by atoms with van der Waals surface area (Å²) in [5, 5.41) is 5.54. The van der Waals surface area contributed by atoms with Crippen molar-refractivity contribution in [2.24, 2.45) is 0 Å². The Morgan fingerprint density at radius 1 is 1.36 bits per heavy atom. The first-order chi connectivity index (χ1) is 10.2. The van der Waals surface area contributed by atoms with Crippen LogP contribution in [-0.4, -0.2) is 16.6 Å². The van der Waals surface area contributed by atoms with E-state index in [1.54, 1.807) is 12.3 Å². The lowest BCUT2D eigenvalue weighted by Gasteiger charge is -2.18. The number of nitrogens with zero attached hydrogens (tertiary/aromatic N) is 1. The van der Waals surface area contributed by atoms with Crippen molar-refractivity contribution in [2.75, 3.05) is 5.32 Å². The van der Waals surface area contributed by atoms with Crippen molar-refractivity contribution in [1.82, 2.24) is 4.98 Å². The van der Waals surface area contributed by atoms with Crippen LogP contribution in [0.5, 0.6) is 0 Å². The van der Waals surface area contributed by atoms with E-state index in [-0.39, 0.29) is 5.97 Å². The highest BCUT2D eigenvalue weighted by Gasteiger charge is 2.14. The Bertz CT molecular complexity index is 733. The number of rotatable bonds is 3. The second kappa shape index (κ2) is 6.36. The number of carbonyl (C=O) groups is 1. The van der Waals surface area contributed by atoms with Gasteiger partial charge in [-0.3, -0.25) is 0 Å². The predicted molar refractivity (Wildman–Crippen MR) is 90.0 cm³/mol. The number of carbonyl (C=O) groups excluding carboxylic acids is 1. The Hall–Kier alpha value is -2.07. The fourth-order valence-corrected chi connectivity index (χ4v) is 2.17. The van der Waals surface area contributed by atoms with Crippen molar-refractivity contribution in [1.29, 1.82) is 0 Å². The van der Waals surface area contributed by atoms with Crippen molar-refractivity contribution >= 4 is 34.0 Å². The van der Waals surface area contributed by atoms with Crippen LogP contribution < -0.4 is 5.32 Å². The summed E-state index contributed by atoms with van der Waals surface area (Å²) in [6.07, 6.45) is 3.16. The molecule has 0 saturated carbocycles. The fourth-order valence-electron chi connectivity index (χ4n) is 2.01. The Morgan fingerprint density at radius 3 is 2.77 bits per heavy atom. The van der Waals surface area contributed by atoms with Gasteiger partial charge in [0, 0.05) is 34.4 Å². The molecule has 2 rings (SSSR count). The number of ether oxygens (including phenoxy) is 1. The summed E-state index contributed by atoms with van der Waals surface area (Å²) in [4.78, 5) is 15.9. The van der Waals surface area contributed by atoms with Crippen molar-refractivity contribution < 1.29 is 9.53 Å². The van der Waals surface area contributed by atoms with E-state index in [2.05, 4.69) is 10.3 Å². The maximum absolute atomic E-state index is 11.8. The van der Waals surface area contributed by atoms with Crippen LogP contribution in [0.25, 0.3) is 10.8 Å². The third-order valence-electron chi connectivity index (χ3n) is 2.80. The zero-order valence-electron chi connectivity index (χ0n) is 13.1. The van der Waals surface area contributed by atoms with E-state index in [1.807, 2.05) is 45.9 Å². The number of esters is 1. The van der Waals surface area contributed by atoms with Gasteiger partial charge in [-0.25, -0.2) is 9.78 Å². The highest BCUT2D eigenvalue weighted by Crippen LogP contribution is 2.26. The van der Waals surface area contributed by atoms with Gasteiger partial charge in [0.2, 0.25) is 0 Å². The van der Waals surface area contributed by atoms with Gasteiger partial charge in [0.15, 0.2) is 0 Å². The van der Waals surface area contributed by atoms with E-state index in [0.717, 1.165) is 16.5 Å². The molecule has 116 valence electrons. The number of pyridine rings is 1. The van der Waals surface area contributed by atoms with E-state index in [1.165, 1.54) is 6.08 Å². The molecule has 0 aliphatic rings. The van der Waals surface area contributed by atoms with Crippen LogP contribution in [0.15, 0.2) is 42.2 Å². The summed E-state index contributed by atoms with van der Waals surface area (Å²) in [5.74, 6) is -0.377. The molecule has 0 fully saturated rings. The normalized spacial score (nSPS) is 12.3. The molecule has 5 heteroatoms. The van der Waals surface area contributed by atoms with Gasteiger partial charge < -0.3 is 10.1 Å². The fraction of sp³-hybridized carbons (Fsp3) is 0.294. The molecule has 0 spiro atoms. The van der Waals surface area contributed by atoms with Crippen molar-refractivity contribution in [3.05, 3.63) is 47.4 Å². The first kappa shape index (κ1) is 16.3. The Morgan fingerprint density at radius 2 is 2.09 bits per heavy atom. The number of fused-ring (bicyclic) bond motifs is 1. The summed E-state index contributed by atoms with van der Waals surface area (Å²) < 4.78 is 5.27. The van der Waals surface area contributed by atoms with Gasteiger partial charge >= 0.3 is 5.97 Å². The minimum Gasteiger partial charge on any atom is -0.457 e. The summed E-state index contributed by atoms with van der Waals surface area (Å²) >= 11 is 5.96. The monoisotopic (exact) mass is 318 g/mol.